The minimum Gasteiger partial charge on any atom is -0.379 e. The molecule has 0 saturated carbocycles. The first-order valence-corrected chi connectivity index (χ1v) is 10.5. The van der Waals surface area contributed by atoms with E-state index in [1.807, 2.05) is 0 Å². The number of aryl methyl sites for hydroxylation is 1. The average Bonchev–Trinajstić information content (AvgIpc) is 2.69. The van der Waals surface area contributed by atoms with Crippen LogP contribution in [0.5, 0.6) is 0 Å². The van der Waals surface area contributed by atoms with Crippen molar-refractivity contribution in [2.45, 2.75) is 30.2 Å². The van der Waals surface area contributed by atoms with Crippen molar-refractivity contribution >= 4 is 15.8 Å². The standard InChI is InChI=1S/C19H23N3O3S/c23-26(24,22-10-12-25-13-11-22)16-8-9-19(20-14-16)21-18-7-3-5-15-4-1-2-6-17(15)18/h1-2,4,6,8-9,14,18H,3,5,7,10-13H2,(H,20,21)/t18-/m1/s1. The van der Waals surface area contributed by atoms with E-state index in [0.29, 0.717) is 32.1 Å². The van der Waals surface area contributed by atoms with Crippen LogP contribution in [0, 0.1) is 0 Å². The lowest BCUT2D eigenvalue weighted by Gasteiger charge is -2.27. The molecule has 1 fully saturated rings. The highest BCUT2D eigenvalue weighted by Crippen LogP contribution is 2.32. The van der Waals surface area contributed by atoms with Gasteiger partial charge in [0.1, 0.15) is 10.7 Å². The zero-order valence-corrected chi connectivity index (χ0v) is 15.4. The van der Waals surface area contributed by atoms with Gasteiger partial charge in [-0.3, -0.25) is 0 Å². The minimum atomic E-state index is -3.50. The Kier molecular flexibility index (Phi) is 4.93. The molecule has 1 aromatic carbocycles. The third kappa shape index (κ3) is 3.47. The Bertz CT molecular complexity index is 862. The summed E-state index contributed by atoms with van der Waals surface area (Å²) in [4.78, 5) is 4.59. The molecule has 0 unspecified atom stereocenters. The van der Waals surface area contributed by atoms with Crippen LogP contribution in [0.25, 0.3) is 0 Å². The predicted octanol–water partition coefficient (Wildman–Crippen LogP) is 2.59. The number of anilines is 1. The molecular formula is C19H23N3O3S. The first kappa shape index (κ1) is 17.5. The number of pyridine rings is 1. The van der Waals surface area contributed by atoms with Gasteiger partial charge in [0.2, 0.25) is 10.0 Å². The molecule has 1 saturated heterocycles. The van der Waals surface area contributed by atoms with E-state index < -0.39 is 10.0 Å². The number of nitrogens with zero attached hydrogens (tertiary/aromatic N) is 2. The minimum absolute atomic E-state index is 0.217. The van der Waals surface area contributed by atoms with Gasteiger partial charge in [-0.2, -0.15) is 4.31 Å². The Morgan fingerprint density at radius 3 is 2.69 bits per heavy atom. The molecule has 138 valence electrons. The van der Waals surface area contributed by atoms with Crippen molar-refractivity contribution in [2.75, 3.05) is 31.6 Å². The number of rotatable bonds is 4. The summed E-state index contributed by atoms with van der Waals surface area (Å²) in [5.41, 5.74) is 2.69. The van der Waals surface area contributed by atoms with Crippen LogP contribution < -0.4 is 5.32 Å². The van der Waals surface area contributed by atoms with Crippen molar-refractivity contribution < 1.29 is 13.2 Å². The molecule has 0 amide bonds. The maximum Gasteiger partial charge on any atom is 0.244 e. The van der Waals surface area contributed by atoms with E-state index in [0.717, 1.165) is 19.3 Å². The number of hydrogen-bond donors (Lipinski definition) is 1. The van der Waals surface area contributed by atoms with Gasteiger partial charge in [0.25, 0.3) is 0 Å². The van der Waals surface area contributed by atoms with E-state index in [2.05, 4.69) is 34.6 Å². The fourth-order valence-electron chi connectivity index (χ4n) is 3.64. The summed E-state index contributed by atoms with van der Waals surface area (Å²) in [6.07, 6.45) is 4.74. The number of ether oxygens (including phenoxy) is 1. The zero-order chi connectivity index (χ0) is 18.0. The summed E-state index contributed by atoms with van der Waals surface area (Å²) in [5, 5.41) is 3.46. The zero-order valence-electron chi connectivity index (χ0n) is 14.6. The highest BCUT2D eigenvalue weighted by atomic mass is 32.2. The molecule has 1 atom stereocenters. The first-order chi connectivity index (χ1) is 12.6. The van der Waals surface area contributed by atoms with Gasteiger partial charge in [-0.05, 0) is 42.5 Å². The molecule has 7 heteroatoms. The van der Waals surface area contributed by atoms with Crippen molar-refractivity contribution in [3.05, 3.63) is 53.7 Å². The second-order valence-electron chi connectivity index (χ2n) is 6.68. The molecule has 1 aliphatic carbocycles. The van der Waals surface area contributed by atoms with Crippen LogP contribution in [-0.2, 0) is 21.2 Å². The smallest absolute Gasteiger partial charge is 0.244 e. The monoisotopic (exact) mass is 373 g/mol. The Morgan fingerprint density at radius 1 is 1.12 bits per heavy atom. The highest BCUT2D eigenvalue weighted by molar-refractivity contribution is 7.89. The molecule has 2 aromatic rings. The van der Waals surface area contributed by atoms with Crippen molar-refractivity contribution in [3.8, 4) is 0 Å². The SMILES string of the molecule is O=S(=O)(c1ccc(N[C@@H]2CCCc3ccccc32)nc1)N1CCOCC1. The Hall–Kier alpha value is -1.96. The van der Waals surface area contributed by atoms with Crippen molar-refractivity contribution in [1.29, 1.82) is 0 Å². The van der Waals surface area contributed by atoms with Gasteiger partial charge in [-0.15, -0.1) is 0 Å². The predicted molar refractivity (Wildman–Crippen MR) is 99.6 cm³/mol. The van der Waals surface area contributed by atoms with Gasteiger partial charge in [-0.1, -0.05) is 24.3 Å². The molecule has 6 nitrogen and oxygen atoms in total. The third-order valence-corrected chi connectivity index (χ3v) is 6.92. The Balaban J connectivity index is 1.50. The molecule has 0 radical (unpaired) electrons. The van der Waals surface area contributed by atoms with Gasteiger partial charge < -0.3 is 10.1 Å². The number of sulfonamides is 1. The number of fused-ring (bicyclic) bond motifs is 1. The molecular weight excluding hydrogens is 350 g/mol. The maximum atomic E-state index is 12.7. The van der Waals surface area contributed by atoms with Gasteiger partial charge >= 0.3 is 0 Å². The summed E-state index contributed by atoms with van der Waals surface area (Å²) < 4.78 is 32.0. The molecule has 1 aliphatic heterocycles. The summed E-state index contributed by atoms with van der Waals surface area (Å²) >= 11 is 0. The van der Waals surface area contributed by atoms with Crippen LogP contribution >= 0.6 is 0 Å². The lowest BCUT2D eigenvalue weighted by molar-refractivity contribution is 0.0730. The van der Waals surface area contributed by atoms with Crippen LogP contribution in [0.4, 0.5) is 5.82 Å². The van der Waals surface area contributed by atoms with Crippen LogP contribution in [0.15, 0.2) is 47.5 Å². The van der Waals surface area contributed by atoms with E-state index in [4.69, 9.17) is 4.74 Å². The highest BCUT2D eigenvalue weighted by Gasteiger charge is 2.27. The Morgan fingerprint density at radius 2 is 1.92 bits per heavy atom. The molecule has 1 aromatic heterocycles. The van der Waals surface area contributed by atoms with Crippen LogP contribution in [-0.4, -0.2) is 44.0 Å². The van der Waals surface area contributed by atoms with Gasteiger partial charge in [0, 0.05) is 19.3 Å². The molecule has 4 rings (SSSR count). The van der Waals surface area contributed by atoms with Gasteiger partial charge in [0.15, 0.2) is 0 Å². The van der Waals surface area contributed by atoms with E-state index in [1.54, 1.807) is 12.1 Å². The molecule has 0 bridgehead atoms. The topological polar surface area (TPSA) is 71.5 Å². The number of morpholine rings is 1. The summed E-state index contributed by atoms with van der Waals surface area (Å²) in [6.45, 7) is 1.66. The number of aromatic nitrogens is 1. The molecule has 2 heterocycles. The molecule has 26 heavy (non-hydrogen) atoms. The first-order valence-electron chi connectivity index (χ1n) is 9.03. The lowest BCUT2D eigenvalue weighted by atomic mass is 9.88. The lowest BCUT2D eigenvalue weighted by Crippen LogP contribution is -2.40. The molecule has 1 N–H and O–H groups in total. The van der Waals surface area contributed by atoms with Crippen LogP contribution in [0.3, 0.4) is 0 Å². The Labute approximate surface area is 154 Å². The molecule has 2 aliphatic rings. The maximum absolute atomic E-state index is 12.7. The fourth-order valence-corrected chi connectivity index (χ4v) is 4.99. The van der Waals surface area contributed by atoms with E-state index >= 15 is 0 Å². The average molecular weight is 373 g/mol. The summed E-state index contributed by atoms with van der Waals surface area (Å²) in [6, 6.07) is 12.1. The molecule has 0 spiro atoms. The quantitative estimate of drug-likeness (QED) is 0.892. The summed E-state index contributed by atoms with van der Waals surface area (Å²) in [5.74, 6) is 0.702. The second kappa shape index (κ2) is 7.34. The van der Waals surface area contributed by atoms with Crippen molar-refractivity contribution in [3.63, 3.8) is 0 Å². The second-order valence-corrected chi connectivity index (χ2v) is 8.62. The van der Waals surface area contributed by atoms with Crippen molar-refractivity contribution in [2.24, 2.45) is 0 Å². The van der Waals surface area contributed by atoms with E-state index in [1.165, 1.54) is 21.6 Å². The number of benzene rings is 1. The fraction of sp³-hybridized carbons (Fsp3) is 0.421. The van der Waals surface area contributed by atoms with E-state index in [-0.39, 0.29) is 10.9 Å². The van der Waals surface area contributed by atoms with Gasteiger partial charge in [-0.25, -0.2) is 13.4 Å². The van der Waals surface area contributed by atoms with Crippen LogP contribution in [0.1, 0.15) is 30.0 Å². The largest absolute Gasteiger partial charge is 0.379 e. The van der Waals surface area contributed by atoms with Crippen LogP contribution in [0.2, 0.25) is 0 Å². The number of hydrogen-bond acceptors (Lipinski definition) is 5. The summed E-state index contributed by atoms with van der Waals surface area (Å²) in [7, 11) is -3.50. The van der Waals surface area contributed by atoms with E-state index in [9.17, 15) is 8.42 Å². The number of nitrogens with one attached hydrogen (secondary N) is 1. The third-order valence-electron chi connectivity index (χ3n) is 5.04. The normalized spacial score (nSPS) is 21.2. The van der Waals surface area contributed by atoms with Gasteiger partial charge in [0.05, 0.1) is 19.3 Å². The van der Waals surface area contributed by atoms with Crippen molar-refractivity contribution in [1.82, 2.24) is 9.29 Å².